The van der Waals surface area contributed by atoms with E-state index in [0.29, 0.717) is 6.54 Å². The third-order valence-electron chi connectivity index (χ3n) is 2.08. The van der Waals surface area contributed by atoms with Gasteiger partial charge in [0.25, 0.3) is 0 Å². The van der Waals surface area contributed by atoms with E-state index < -0.39 is 12.0 Å². The molecule has 0 aliphatic carbocycles. The molecule has 1 atom stereocenters. The smallest absolute Gasteiger partial charge is 0.335 e. The number of carboxylic acid groups (broad SMARTS) is 1. The summed E-state index contributed by atoms with van der Waals surface area (Å²) >= 11 is 0. The van der Waals surface area contributed by atoms with Crippen LogP contribution in [0.15, 0.2) is 24.3 Å². The summed E-state index contributed by atoms with van der Waals surface area (Å²) in [5.74, 6) is -1.20. The summed E-state index contributed by atoms with van der Waals surface area (Å²) < 4.78 is 0. The predicted molar refractivity (Wildman–Crippen MR) is 58.9 cm³/mol. The van der Waals surface area contributed by atoms with E-state index in [1.807, 2.05) is 0 Å². The van der Waals surface area contributed by atoms with Crippen LogP contribution in [-0.2, 0) is 11.3 Å². The summed E-state index contributed by atoms with van der Waals surface area (Å²) in [6.45, 7) is 1.95. The van der Waals surface area contributed by atoms with Crippen LogP contribution < -0.4 is 11.1 Å². The van der Waals surface area contributed by atoms with Gasteiger partial charge in [-0.1, -0.05) is 12.1 Å². The van der Waals surface area contributed by atoms with Crippen molar-refractivity contribution in [2.45, 2.75) is 19.5 Å². The standard InChI is InChI=1S/C11H14N2O3/c1-7(12)10(14)13-6-8-2-4-9(5-3-8)11(15)16/h2-5,7H,6,12H2,1H3,(H,13,14)(H,15,16)/t7-/m1/s1. The first-order chi connectivity index (χ1) is 7.50. The van der Waals surface area contributed by atoms with Crippen LogP contribution in [0, 0.1) is 0 Å². The Labute approximate surface area is 93.3 Å². The molecule has 0 unspecified atom stereocenters. The van der Waals surface area contributed by atoms with Crippen LogP contribution in [-0.4, -0.2) is 23.0 Å². The maximum atomic E-state index is 11.2. The molecule has 5 nitrogen and oxygen atoms in total. The highest BCUT2D eigenvalue weighted by molar-refractivity contribution is 5.87. The molecule has 0 aliphatic heterocycles. The van der Waals surface area contributed by atoms with Crippen molar-refractivity contribution in [2.75, 3.05) is 0 Å². The second-order valence-electron chi connectivity index (χ2n) is 3.51. The van der Waals surface area contributed by atoms with Crippen LogP contribution in [0.2, 0.25) is 0 Å². The van der Waals surface area contributed by atoms with Crippen molar-refractivity contribution >= 4 is 11.9 Å². The number of hydrogen-bond acceptors (Lipinski definition) is 3. The zero-order chi connectivity index (χ0) is 12.1. The van der Waals surface area contributed by atoms with E-state index in [-0.39, 0.29) is 11.5 Å². The van der Waals surface area contributed by atoms with E-state index in [2.05, 4.69) is 5.32 Å². The minimum Gasteiger partial charge on any atom is -0.478 e. The van der Waals surface area contributed by atoms with E-state index in [4.69, 9.17) is 10.8 Å². The number of carboxylic acids is 1. The molecule has 0 aliphatic rings. The molecule has 0 aromatic heterocycles. The van der Waals surface area contributed by atoms with Crippen molar-refractivity contribution in [1.82, 2.24) is 5.32 Å². The summed E-state index contributed by atoms with van der Waals surface area (Å²) in [6.07, 6.45) is 0. The number of nitrogens with one attached hydrogen (secondary N) is 1. The Balaban J connectivity index is 2.56. The molecule has 5 heteroatoms. The number of nitrogens with two attached hydrogens (primary N) is 1. The number of hydrogen-bond donors (Lipinski definition) is 3. The monoisotopic (exact) mass is 222 g/mol. The van der Waals surface area contributed by atoms with Crippen molar-refractivity contribution in [3.05, 3.63) is 35.4 Å². The van der Waals surface area contributed by atoms with E-state index in [0.717, 1.165) is 5.56 Å². The molecule has 1 aromatic carbocycles. The second kappa shape index (κ2) is 5.27. The number of carbonyl (C=O) groups excluding carboxylic acids is 1. The molecular weight excluding hydrogens is 208 g/mol. The van der Waals surface area contributed by atoms with Gasteiger partial charge in [-0.15, -0.1) is 0 Å². The minimum absolute atomic E-state index is 0.224. The fraction of sp³-hybridized carbons (Fsp3) is 0.273. The third-order valence-corrected chi connectivity index (χ3v) is 2.08. The van der Waals surface area contributed by atoms with Crippen molar-refractivity contribution in [2.24, 2.45) is 5.73 Å². The minimum atomic E-state index is -0.967. The quantitative estimate of drug-likeness (QED) is 0.685. The first-order valence-electron chi connectivity index (χ1n) is 4.86. The Hall–Kier alpha value is -1.88. The SMILES string of the molecule is C[C@@H](N)C(=O)NCc1ccc(C(=O)O)cc1. The molecule has 16 heavy (non-hydrogen) atoms. The van der Waals surface area contributed by atoms with Crippen LogP contribution in [0.4, 0.5) is 0 Å². The maximum Gasteiger partial charge on any atom is 0.335 e. The Bertz CT molecular complexity index is 385. The first-order valence-corrected chi connectivity index (χ1v) is 4.86. The van der Waals surface area contributed by atoms with Gasteiger partial charge in [0.05, 0.1) is 11.6 Å². The molecule has 1 rings (SSSR count). The number of benzene rings is 1. The van der Waals surface area contributed by atoms with Gasteiger partial charge in [0, 0.05) is 6.54 Å². The van der Waals surface area contributed by atoms with Gasteiger partial charge in [-0.05, 0) is 24.6 Å². The zero-order valence-electron chi connectivity index (χ0n) is 8.93. The van der Waals surface area contributed by atoms with Crippen molar-refractivity contribution in [3.63, 3.8) is 0 Å². The Morgan fingerprint density at radius 2 is 1.94 bits per heavy atom. The lowest BCUT2D eigenvalue weighted by Crippen LogP contribution is -2.37. The fourth-order valence-corrected chi connectivity index (χ4v) is 1.12. The molecule has 1 aromatic rings. The second-order valence-corrected chi connectivity index (χ2v) is 3.51. The highest BCUT2D eigenvalue weighted by Crippen LogP contribution is 2.04. The largest absolute Gasteiger partial charge is 0.478 e. The number of aromatic carboxylic acids is 1. The number of amides is 1. The Morgan fingerprint density at radius 3 is 2.38 bits per heavy atom. The number of carbonyl (C=O) groups is 2. The lowest BCUT2D eigenvalue weighted by Gasteiger charge is -2.07. The van der Waals surface area contributed by atoms with Crippen LogP contribution in [0.1, 0.15) is 22.8 Å². The Kier molecular flexibility index (Phi) is 4.02. The van der Waals surface area contributed by atoms with Gasteiger partial charge in [-0.3, -0.25) is 4.79 Å². The van der Waals surface area contributed by atoms with Crippen molar-refractivity contribution in [3.8, 4) is 0 Å². The normalized spacial score (nSPS) is 11.9. The molecule has 0 saturated heterocycles. The van der Waals surface area contributed by atoms with E-state index in [1.165, 1.54) is 12.1 Å². The van der Waals surface area contributed by atoms with Gasteiger partial charge in [-0.25, -0.2) is 4.79 Å². The molecule has 4 N–H and O–H groups in total. The summed E-state index contributed by atoms with van der Waals surface area (Å²) in [6, 6.07) is 5.76. The molecule has 86 valence electrons. The highest BCUT2D eigenvalue weighted by Gasteiger charge is 2.06. The van der Waals surface area contributed by atoms with Crippen molar-refractivity contribution in [1.29, 1.82) is 0 Å². The first kappa shape index (κ1) is 12.2. The average Bonchev–Trinajstić information content (AvgIpc) is 2.26. The summed E-state index contributed by atoms with van der Waals surface area (Å²) in [5, 5.41) is 11.3. The maximum absolute atomic E-state index is 11.2. The van der Waals surface area contributed by atoms with Crippen molar-refractivity contribution < 1.29 is 14.7 Å². The molecule has 0 radical (unpaired) electrons. The zero-order valence-corrected chi connectivity index (χ0v) is 8.93. The summed E-state index contributed by atoms with van der Waals surface area (Å²) in [5.41, 5.74) is 6.43. The van der Waals surface area contributed by atoms with Gasteiger partial charge >= 0.3 is 5.97 Å². The molecule has 0 heterocycles. The summed E-state index contributed by atoms with van der Waals surface area (Å²) in [7, 11) is 0. The van der Waals surface area contributed by atoms with Crippen LogP contribution in [0.25, 0.3) is 0 Å². The Morgan fingerprint density at radius 1 is 1.38 bits per heavy atom. The molecule has 1 amide bonds. The molecule has 0 spiro atoms. The molecule has 0 saturated carbocycles. The third kappa shape index (κ3) is 3.36. The number of rotatable bonds is 4. The van der Waals surface area contributed by atoms with Gasteiger partial charge in [-0.2, -0.15) is 0 Å². The molecule has 0 fully saturated rings. The molecule has 0 bridgehead atoms. The fourth-order valence-electron chi connectivity index (χ4n) is 1.12. The molecular formula is C11H14N2O3. The van der Waals surface area contributed by atoms with Gasteiger partial charge in [0.1, 0.15) is 0 Å². The van der Waals surface area contributed by atoms with E-state index in [9.17, 15) is 9.59 Å². The lowest BCUT2D eigenvalue weighted by atomic mass is 10.1. The highest BCUT2D eigenvalue weighted by atomic mass is 16.4. The average molecular weight is 222 g/mol. The lowest BCUT2D eigenvalue weighted by molar-refractivity contribution is -0.122. The van der Waals surface area contributed by atoms with Gasteiger partial charge in [0.15, 0.2) is 0 Å². The van der Waals surface area contributed by atoms with E-state index >= 15 is 0 Å². The van der Waals surface area contributed by atoms with E-state index in [1.54, 1.807) is 19.1 Å². The summed E-state index contributed by atoms with van der Waals surface area (Å²) in [4.78, 5) is 21.7. The predicted octanol–water partition coefficient (Wildman–Crippen LogP) is 0.348. The van der Waals surface area contributed by atoms with Crippen LogP contribution in [0.5, 0.6) is 0 Å². The van der Waals surface area contributed by atoms with Gasteiger partial charge in [0.2, 0.25) is 5.91 Å². The van der Waals surface area contributed by atoms with Gasteiger partial charge < -0.3 is 16.2 Å². The van der Waals surface area contributed by atoms with Crippen LogP contribution >= 0.6 is 0 Å². The topological polar surface area (TPSA) is 92.4 Å². The van der Waals surface area contributed by atoms with Crippen LogP contribution in [0.3, 0.4) is 0 Å².